The zero-order chi connectivity index (χ0) is 18.9. The van der Waals surface area contributed by atoms with E-state index in [0.717, 1.165) is 23.3 Å². The Hall–Kier alpha value is -1.36. The molecule has 3 saturated carbocycles. The van der Waals surface area contributed by atoms with Gasteiger partial charge in [-0.15, -0.1) is 0 Å². The van der Waals surface area contributed by atoms with Crippen LogP contribution in [-0.4, -0.2) is 28.4 Å². The van der Waals surface area contributed by atoms with E-state index in [1.54, 1.807) is 12.2 Å². The van der Waals surface area contributed by atoms with E-state index >= 15 is 4.39 Å². The molecule has 0 aromatic rings. The van der Waals surface area contributed by atoms with Crippen LogP contribution in [0.1, 0.15) is 52.9 Å². The molecular weight excluding hydrogens is 351 g/mol. The Morgan fingerprint density at radius 3 is 2.65 bits per heavy atom. The van der Waals surface area contributed by atoms with E-state index in [1.807, 2.05) is 6.92 Å². The molecule has 0 aromatic heterocycles. The second kappa shape index (κ2) is 5.57. The van der Waals surface area contributed by atoms with Crippen LogP contribution in [0.25, 0.3) is 0 Å². The predicted molar refractivity (Wildman–Crippen MR) is 101 cm³/mol. The third kappa shape index (κ3) is 2.12. The zero-order valence-electron chi connectivity index (χ0n) is 15.5. The Bertz CT molecular complexity index is 771. The van der Waals surface area contributed by atoms with Crippen molar-refractivity contribution in [3.63, 3.8) is 0 Å². The van der Waals surface area contributed by atoms with Crippen LogP contribution in [0.5, 0.6) is 0 Å². The second-order valence-corrected chi connectivity index (χ2v) is 9.30. The number of thiocarbonyl (C=S) groups is 1. The molecule has 4 aliphatic rings. The van der Waals surface area contributed by atoms with E-state index in [4.69, 9.17) is 17.0 Å². The highest BCUT2D eigenvalue weighted by molar-refractivity contribution is 7.80. The minimum atomic E-state index is -1.72. The van der Waals surface area contributed by atoms with Crippen molar-refractivity contribution in [3.8, 4) is 0 Å². The maximum Gasteiger partial charge on any atom is 0.303 e. The number of carbonyl (C=O) groups is 2. The molecule has 0 bridgehead atoms. The smallest absolute Gasteiger partial charge is 0.303 e. The minimum absolute atomic E-state index is 0.0914. The van der Waals surface area contributed by atoms with Gasteiger partial charge in [-0.3, -0.25) is 9.59 Å². The summed E-state index contributed by atoms with van der Waals surface area (Å²) >= 11 is 5.65. The molecule has 0 N–H and O–H groups in total. The summed E-state index contributed by atoms with van der Waals surface area (Å²) in [4.78, 5) is 24.7. The molecule has 3 fully saturated rings. The molecule has 6 atom stereocenters. The Morgan fingerprint density at radius 2 is 1.96 bits per heavy atom. The number of hydrogen-bond acceptors (Lipinski definition) is 4. The molecule has 0 saturated heterocycles. The number of ether oxygens (including phenoxy) is 1. The molecule has 0 amide bonds. The SMILES string of the molecule is CC(=O)O[C@H]1C[C@]2(C)C(=S)CC[C@H]2[C@@H]2CCC3=CC(=O)C=C[C@]3(C)C12F. The maximum atomic E-state index is 17.1. The largest absolute Gasteiger partial charge is 0.459 e. The van der Waals surface area contributed by atoms with Crippen LogP contribution in [0.4, 0.5) is 4.39 Å². The molecule has 0 spiro atoms. The number of alkyl halides is 1. The number of allylic oxidation sites excluding steroid dienone is 4. The summed E-state index contributed by atoms with van der Waals surface area (Å²) in [5.74, 6) is -0.624. The Labute approximate surface area is 159 Å². The van der Waals surface area contributed by atoms with E-state index in [-0.39, 0.29) is 23.0 Å². The van der Waals surface area contributed by atoms with Gasteiger partial charge < -0.3 is 4.74 Å². The Kier molecular flexibility index (Phi) is 3.86. The van der Waals surface area contributed by atoms with Crippen LogP contribution >= 0.6 is 12.2 Å². The highest BCUT2D eigenvalue weighted by Gasteiger charge is 2.71. The lowest BCUT2D eigenvalue weighted by Crippen LogP contribution is -2.67. The highest BCUT2D eigenvalue weighted by atomic mass is 32.1. The lowest BCUT2D eigenvalue weighted by atomic mass is 9.46. The summed E-state index contributed by atoms with van der Waals surface area (Å²) in [6.07, 6.45) is 7.43. The molecule has 26 heavy (non-hydrogen) atoms. The summed E-state index contributed by atoms with van der Waals surface area (Å²) in [5, 5.41) is 0. The molecule has 0 aliphatic heterocycles. The molecule has 3 nitrogen and oxygen atoms in total. The molecule has 5 heteroatoms. The van der Waals surface area contributed by atoms with Gasteiger partial charge in [0, 0.05) is 23.7 Å². The summed E-state index contributed by atoms with van der Waals surface area (Å²) in [6.45, 7) is 5.32. The number of fused-ring (bicyclic) bond motifs is 5. The molecule has 4 rings (SSSR count). The third-order valence-electron chi connectivity index (χ3n) is 7.63. The quantitative estimate of drug-likeness (QED) is 0.506. The lowest BCUT2D eigenvalue weighted by molar-refractivity contribution is -0.202. The average molecular weight is 376 g/mol. The molecule has 4 aliphatic carbocycles. The van der Waals surface area contributed by atoms with E-state index in [1.165, 1.54) is 13.0 Å². The fourth-order valence-electron chi connectivity index (χ4n) is 6.27. The number of ketones is 1. The number of rotatable bonds is 1. The summed E-state index contributed by atoms with van der Waals surface area (Å²) in [6, 6.07) is 0. The number of esters is 1. The van der Waals surface area contributed by atoms with Gasteiger partial charge in [0.05, 0.1) is 0 Å². The lowest BCUT2D eigenvalue weighted by Gasteiger charge is -2.61. The molecule has 140 valence electrons. The van der Waals surface area contributed by atoms with Gasteiger partial charge in [-0.2, -0.15) is 0 Å². The van der Waals surface area contributed by atoms with Crippen molar-refractivity contribution in [2.75, 3.05) is 0 Å². The van der Waals surface area contributed by atoms with Crippen LogP contribution in [0.15, 0.2) is 23.8 Å². The van der Waals surface area contributed by atoms with Gasteiger partial charge in [0.15, 0.2) is 11.5 Å². The van der Waals surface area contributed by atoms with Gasteiger partial charge in [0.1, 0.15) is 6.10 Å². The van der Waals surface area contributed by atoms with Crippen molar-refractivity contribution in [3.05, 3.63) is 23.8 Å². The van der Waals surface area contributed by atoms with E-state index in [2.05, 4.69) is 6.92 Å². The predicted octanol–water partition coefficient (Wildman–Crippen LogP) is 4.30. The van der Waals surface area contributed by atoms with Crippen molar-refractivity contribution in [2.24, 2.45) is 22.7 Å². The first-order valence-electron chi connectivity index (χ1n) is 9.46. The topological polar surface area (TPSA) is 43.4 Å². The zero-order valence-corrected chi connectivity index (χ0v) is 16.3. The van der Waals surface area contributed by atoms with Crippen LogP contribution in [0, 0.1) is 22.7 Å². The first-order valence-corrected chi connectivity index (χ1v) is 9.87. The molecule has 0 radical (unpaired) electrons. The number of carbonyl (C=O) groups excluding carboxylic acids is 2. The van der Waals surface area contributed by atoms with E-state index in [9.17, 15) is 9.59 Å². The fourth-order valence-corrected chi connectivity index (χ4v) is 6.63. The van der Waals surface area contributed by atoms with Gasteiger partial charge in [0.25, 0.3) is 0 Å². The van der Waals surface area contributed by atoms with Crippen molar-refractivity contribution in [1.82, 2.24) is 0 Å². The van der Waals surface area contributed by atoms with Crippen molar-refractivity contribution < 1.29 is 18.7 Å². The summed E-state index contributed by atoms with van der Waals surface area (Å²) in [5.41, 5.74) is -2.08. The first-order chi connectivity index (χ1) is 12.1. The number of halogens is 1. The third-order valence-corrected chi connectivity index (χ3v) is 8.30. The maximum absolute atomic E-state index is 17.1. The summed E-state index contributed by atoms with van der Waals surface area (Å²) < 4.78 is 22.7. The molecule has 0 aromatic carbocycles. The fraction of sp³-hybridized carbons (Fsp3) is 0.667. The van der Waals surface area contributed by atoms with Crippen LogP contribution in [-0.2, 0) is 14.3 Å². The van der Waals surface area contributed by atoms with Crippen LogP contribution in [0.3, 0.4) is 0 Å². The Balaban J connectivity index is 1.87. The second-order valence-electron chi connectivity index (χ2n) is 8.81. The summed E-state index contributed by atoms with van der Waals surface area (Å²) in [7, 11) is 0. The van der Waals surface area contributed by atoms with E-state index < -0.39 is 23.2 Å². The van der Waals surface area contributed by atoms with Crippen molar-refractivity contribution in [1.29, 1.82) is 0 Å². The molecule has 0 heterocycles. The molecular formula is C21H25FO3S. The monoisotopic (exact) mass is 376 g/mol. The number of hydrogen-bond donors (Lipinski definition) is 0. The van der Waals surface area contributed by atoms with Crippen LogP contribution in [0.2, 0.25) is 0 Å². The van der Waals surface area contributed by atoms with E-state index in [0.29, 0.717) is 19.3 Å². The standard InChI is InChI=1S/C21H25FO3S/c1-12(23)25-17-11-19(2)15(6-7-18(19)26)16-5-4-13-10-14(24)8-9-20(13,3)21(16,17)22/h8-10,15-17H,4-7,11H2,1-3H3/t15-,16-,17-,19-,20-,21?/m0/s1. The minimum Gasteiger partial charge on any atom is -0.459 e. The van der Waals surface area contributed by atoms with Crippen LogP contribution < -0.4 is 0 Å². The highest BCUT2D eigenvalue weighted by Crippen LogP contribution is 2.67. The normalized spacial score (nSPS) is 46.9. The first kappa shape index (κ1) is 18.0. The van der Waals surface area contributed by atoms with Gasteiger partial charge in [-0.1, -0.05) is 30.8 Å². The van der Waals surface area contributed by atoms with Gasteiger partial charge >= 0.3 is 5.97 Å². The van der Waals surface area contributed by atoms with Crippen molar-refractivity contribution in [2.45, 2.75) is 64.6 Å². The van der Waals surface area contributed by atoms with Gasteiger partial charge in [0.2, 0.25) is 0 Å². The Morgan fingerprint density at radius 1 is 1.27 bits per heavy atom. The van der Waals surface area contributed by atoms with Gasteiger partial charge in [-0.25, -0.2) is 4.39 Å². The van der Waals surface area contributed by atoms with Crippen molar-refractivity contribution >= 4 is 28.8 Å². The van der Waals surface area contributed by atoms with Gasteiger partial charge in [-0.05, 0) is 62.0 Å². The molecule has 1 unspecified atom stereocenters. The average Bonchev–Trinajstić information content (AvgIpc) is 2.84.